The Kier molecular flexibility index (Phi) is 13.0. The highest BCUT2D eigenvalue weighted by Crippen LogP contribution is 2.42. The number of hydrogen-bond acceptors (Lipinski definition) is 7. The van der Waals surface area contributed by atoms with E-state index in [1.54, 1.807) is 72.8 Å². The van der Waals surface area contributed by atoms with E-state index in [0.717, 1.165) is 86.2 Å². The van der Waals surface area contributed by atoms with Gasteiger partial charge in [-0.15, -0.1) is 0 Å². The molecule has 0 amide bonds. The zero-order valence-electron chi connectivity index (χ0n) is 47.7. The number of ketones is 2. The molecule has 16 aromatic rings. The maximum atomic E-state index is 15.1. The summed E-state index contributed by atoms with van der Waals surface area (Å²) in [7, 11) is 0. The largest absolute Gasteiger partial charge is 0.457 e. The smallest absolute Gasteiger partial charge is 0.200 e. The maximum Gasteiger partial charge on any atom is 0.200 e. The Bertz CT molecular complexity index is 4900. The first-order chi connectivity index (χ1) is 43.8. The second kappa shape index (κ2) is 22.1. The molecule has 16 aromatic carbocycles. The molecule has 0 aliphatic rings. The Morgan fingerprint density at radius 3 is 0.640 bits per heavy atom. The third kappa shape index (κ3) is 10.4. The zero-order valence-corrected chi connectivity index (χ0v) is 47.7. The minimum atomic E-state index is -0.306. The van der Waals surface area contributed by atoms with Gasteiger partial charge in [-0.25, -0.2) is 0 Å². The predicted octanol–water partition coefficient (Wildman–Crippen LogP) is 22.3. The van der Waals surface area contributed by atoms with Gasteiger partial charge in [0, 0.05) is 11.1 Å². The summed E-state index contributed by atoms with van der Waals surface area (Å²) in [6.07, 6.45) is 0. The van der Waals surface area contributed by atoms with E-state index in [0.29, 0.717) is 68.6 Å². The first-order valence-electron chi connectivity index (χ1n) is 29.5. The van der Waals surface area contributed by atoms with Crippen LogP contribution in [0, 0.1) is 0 Å². The summed E-state index contributed by atoms with van der Waals surface area (Å²) in [4.78, 5) is 30.1. The van der Waals surface area contributed by atoms with E-state index >= 15 is 9.59 Å². The summed E-state index contributed by atoms with van der Waals surface area (Å²) in [6.45, 7) is 0. The molecule has 0 unspecified atom stereocenters. The van der Waals surface area contributed by atoms with Crippen LogP contribution in [-0.4, -0.2) is 11.6 Å². The second-order valence-electron chi connectivity index (χ2n) is 22.3. The lowest BCUT2D eigenvalue weighted by atomic mass is 10.0. The molecule has 0 saturated carbocycles. The molecule has 0 bridgehead atoms. The Morgan fingerprint density at radius 2 is 0.393 bits per heavy atom. The fourth-order valence-corrected chi connectivity index (χ4v) is 12.0. The van der Waals surface area contributed by atoms with Gasteiger partial charge in [-0.3, -0.25) is 9.59 Å². The summed E-state index contributed by atoms with van der Waals surface area (Å²) < 4.78 is 33.1. The first-order valence-corrected chi connectivity index (χ1v) is 29.5. The Labute approximate surface area is 511 Å². The van der Waals surface area contributed by atoms with Crippen LogP contribution in [0.3, 0.4) is 0 Å². The van der Waals surface area contributed by atoms with Crippen molar-refractivity contribution in [2.45, 2.75) is 0 Å². The number of rotatable bonds is 14. The SMILES string of the molecule is O=C(c1ccc(Oc2ccc(C(=O)c3c(Oc4ccc5cc6ccccc6cc5c4)cccc3Oc3ccc4cc5ccccc5cc4c3)cc2)cc1)c1c(Oc2ccc3cc4ccccc4cc3c2)cccc1Oc1ccc2cc3ccccc3cc2c1. The zero-order chi connectivity index (χ0) is 59.4. The lowest BCUT2D eigenvalue weighted by Gasteiger charge is -2.17. The van der Waals surface area contributed by atoms with E-state index in [9.17, 15) is 0 Å². The van der Waals surface area contributed by atoms with E-state index < -0.39 is 0 Å². The van der Waals surface area contributed by atoms with Crippen molar-refractivity contribution in [1.29, 1.82) is 0 Å². The molecule has 0 fully saturated rings. The van der Waals surface area contributed by atoms with E-state index in [1.807, 2.05) is 133 Å². The summed E-state index contributed by atoms with van der Waals surface area (Å²) in [5.74, 6) is 4.01. The number of ether oxygens (including phenoxy) is 5. The highest BCUT2D eigenvalue weighted by molar-refractivity contribution is 6.14. The van der Waals surface area contributed by atoms with Gasteiger partial charge in [0.25, 0.3) is 0 Å². The van der Waals surface area contributed by atoms with E-state index in [1.165, 1.54) is 0 Å². The highest BCUT2D eigenvalue weighted by atomic mass is 16.5. The van der Waals surface area contributed by atoms with Gasteiger partial charge in [0.15, 0.2) is 0 Å². The monoisotopic (exact) mass is 1150 g/mol. The number of carbonyl (C=O) groups excluding carboxylic acids is 2. The van der Waals surface area contributed by atoms with Gasteiger partial charge in [0.05, 0.1) is 0 Å². The summed E-state index contributed by atoms with van der Waals surface area (Å²) in [5.41, 5.74) is 1.30. The fourth-order valence-electron chi connectivity index (χ4n) is 12.0. The van der Waals surface area contributed by atoms with Gasteiger partial charge >= 0.3 is 0 Å². The number of carbonyl (C=O) groups is 2. The molecular formula is C82H50O7. The third-order valence-electron chi connectivity index (χ3n) is 16.5. The van der Waals surface area contributed by atoms with Crippen LogP contribution in [-0.2, 0) is 0 Å². The van der Waals surface area contributed by atoms with E-state index in [-0.39, 0.29) is 22.7 Å². The van der Waals surface area contributed by atoms with E-state index in [2.05, 4.69) is 97.1 Å². The first kappa shape index (κ1) is 52.5. The van der Waals surface area contributed by atoms with Gasteiger partial charge in [-0.05, 0) is 256 Å². The minimum Gasteiger partial charge on any atom is -0.457 e. The van der Waals surface area contributed by atoms with Crippen molar-refractivity contribution < 1.29 is 33.3 Å². The van der Waals surface area contributed by atoms with Crippen molar-refractivity contribution in [3.63, 3.8) is 0 Å². The van der Waals surface area contributed by atoms with Crippen LogP contribution in [0.25, 0.3) is 86.2 Å². The number of fused-ring (bicyclic) bond motifs is 8. The minimum absolute atomic E-state index is 0.260. The van der Waals surface area contributed by atoms with Crippen LogP contribution in [0.1, 0.15) is 31.8 Å². The van der Waals surface area contributed by atoms with Crippen LogP contribution in [0.4, 0.5) is 0 Å². The maximum absolute atomic E-state index is 15.1. The Hall–Kier alpha value is -12.1. The van der Waals surface area contributed by atoms with Crippen LogP contribution >= 0.6 is 0 Å². The molecule has 0 spiro atoms. The molecule has 0 aromatic heterocycles. The number of hydrogen-bond donors (Lipinski definition) is 0. The molecule has 7 nitrogen and oxygen atoms in total. The standard InChI is InChI=1S/C82H50O7/c83-81(79-75(86-71-35-27-61-39-53-11-1-5-15-57(53)43-65(61)47-71)19-9-20-76(79)87-72-36-28-62-40-54-12-2-6-16-58(54)44-66(62)48-72)51-23-31-69(32-24-51)85-70-33-25-52(26-34-70)82(84)80-77(88-73-37-29-63-41-55-13-3-7-17-59(55)45-67(63)49-73)21-10-22-78(80)89-74-38-30-64-42-56-14-4-8-18-60(56)46-68(64)50-74/h1-50H. The molecule has 0 aliphatic carbocycles. The average molecular weight is 1150 g/mol. The molecule has 0 atom stereocenters. The summed E-state index contributed by atoms with van der Waals surface area (Å²) in [6, 6.07) is 98.9. The predicted molar refractivity (Wildman–Crippen MR) is 359 cm³/mol. The Morgan fingerprint density at radius 1 is 0.180 bits per heavy atom. The van der Waals surface area contributed by atoms with Crippen molar-refractivity contribution in [3.05, 3.63) is 326 Å². The molecule has 0 radical (unpaired) electrons. The van der Waals surface area contributed by atoms with Crippen molar-refractivity contribution in [3.8, 4) is 57.5 Å². The van der Waals surface area contributed by atoms with Gasteiger partial charge in [-0.1, -0.05) is 133 Å². The quantitative estimate of drug-likeness (QED) is 0.0793. The van der Waals surface area contributed by atoms with Crippen LogP contribution in [0.15, 0.2) is 303 Å². The molecular weight excluding hydrogens is 1100 g/mol. The van der Waals surface area contributed by atoms with Crippen LogP contribution in [0.2, 0.25) is 0 Å². The topological polar surface area (TPSA) is 80.3 Å². The molecule has 7 heteroatoms. The molecule has 0 N–H and O–H groups in total. The molecule has 16 rings (SSSR count). The molecule has 0 heterocycles. The van der Waals surface area contributed by atoms with Crippen LogP contribution in [0.5, 0.6) is 57.5 Å². The molecule has 0 aliphatic heterocycles. The second-order valence-corrected chi connectivity index (χ2v) is 22.3. The van der Waals surface area contributed by atoms with Crippen molar-refractivity contribution in [2.24, 2.45) is 0 Å². The molecule has 0 saturated heterocycles. The molecule has 89 heavy (non-hydrogen) atoms. The van der Waals surface area contributed by atoms with Crippen LogP contribution < -0.4 is 23.7 Å². The summed E-state index contributed by atoms with van der Waals surface area (Å²) >= 11 is 0. The Balaban J connectivity index is 0.690. The normalized spacial score (nSPS) is 11.5. The van der Waals surface area contributed by atoms with E-state index in [4.69, 9.17) is 23.7 Å². The van der Waals surface area contributed by atoms with Gasteiger partial charge in [0.1, 0.15) is 68.6 Å². The van der Waals surface area contributed by atoms with Gasteiger partial charge in [-0.2, -0.15) is 0 Å². The fraction of sp³-hybridized carbons (Fsp3) is 0. The summed E-state index contributed by atoms with van der Waals surface area (Å²) in [5, 5.41) is 17.4. The third-order valence-corrected chi connectivity index (χ3v) is 16.5. The highest BCUT2D eigenvalue weighted by Gasteiger charge is 2.25. The molecule has 420 valence electrons. The van der Waals surface area contributed by atoms with Crippen molar-refractivity contribution in [2.75, 3.05) is 0 Å². The lowest BCUT2D eigenvalue weighted by molar-refractivity contribution is 0.102. The van der Waals surface area contributed by atoms with Gasteiger partial charge < -0.3 is 23.7 Å². The number of benzene rings is 16. The average Bonchev–Trinajstić information content (AvgIpc) is 2.38. The lowest BCUT2D eigenvalue weighted by Crippen LogP contribution is -2.06. The van der Waals surface area contributed by atoms with Crippen molar-refractivity contribution >= 4 is 97.7 Å². The van der Waals surface area contributed by atoms with Crippen molar-refractivity contribution in [1.82, 2.24) is 0 Å². The van der Waals surface area contributed by atoms with Gasteiger partial charge in [0.2, 0.25) is 11.6 Å².